The minimum atomic E-state index is -3.55. The lowest BCUT2D eigenvalue weighted by molar-refractivity contribution is -0.124. The van der Waals surface area contributed by atoms with Crippen LogP contribution in [-0.2, 0) is 14.8 Å². The first-order valence-electron chi connectivity index (χ1n) is 9.23. The molecule has 0 aliphatic rings. The van der Waals surface area contributed by atoms with Crippen LogP contribution >= 0.6 is 0 Å². The Morgan fingerprint density at radius 2 is 1.66 bits per heavy atom. The quantitative estimate of drug-likeness (QED) is 0.577. The Morgan fingerprint density at radius 1 is 1.00 bits per heavy atom. The predicted molar refractivity (Wildman–Crippen MR) is 114 cm³/mol. The van der Waals surface area contributed by atoms with Crippen LogP contribution in [0.5, 0.6) is 5.75 Å². The number of likely N-dealkylation sites (N-methyl/N-ethyl adjacent to an activating group) is 1. The average molecular weight is 413 g/mol. The molecule has 3 rings (SSSR count). The molecular formula is C22H24N2O4S. The van der Waals surface area contributed by atoms with Crippen LogP contribution in [0.25, 0.3) is 10.8 Å². The van der Waals surface area contributed by atoms with Gasteiger partial charge in [0.2, 0.25) is 15.9 Å². The molecule has 0 spiro atoms. The van der Waals surface area contributed by atoms with Crippen molar-refractivity contribution in [2.24, 2.45) is 0 Å². The highest BCUT2D eigenvalue weighted by Gasteiger charge is 2.30. The maximum absolute atomic E-state index is 12.7. The summed E-state index contributed by atoms with van der Waals surface area (Å²) in [6.07, 6.45) is 1.08. The van der Waals surface area contributed by atoms with E-state index in [1.807, 2.05) is 48.5 Å². The SMILES string of the molecule is CN(C(C(=O)NCCOc1ccc2ccccc2c1)c1ccccc1)S(C)(=O)=O. The third kappa shape index (κ3) is 5.34. The summed E-state index contributed by atoms with van der Waals surface area (Å²) in [4.78, 5) is 12.7. The largest absolute Gasteiger partial charge is 0.492 e. The summed E-state index contributed by atoms with van der Waals surface area (Å²) in [7, 11) is -2.15. The summed E-state index contributed by atoms with van der Waals surface area (Å²) < 4.78 is 30.8. The predicted octanol–water partition coefficient (Wildman–Crippen LogP) is 2.97. The first kappa shape index (κ1) is 20.8. The number of hydrogen-bond acceptors (Lipinski definition) is 4. The van der Waals surface area contributed by atoms with E-state index in [9.17, 15) is 13.2 Å². The van der Waals surface area contributed by atoms with Crippen molar-refractivity contribution in [1.29, 1.82) is 0 Å². The molecule has 1 amide bonds. The van der Waals surface area contributed by atoms with Crippen molar-refractivity contribution < 1.29 is 17.9 Å². The van der Waals surface area contributed by atoms with Gasteiger partial charge in [0.1, 0.15) is 18.4 Å². The number of rotatable bonds is 8. The van der Waals surface area contributed by atoms with Gasteiger partial charge in [-0.3, -0.25) is 4.79 Å². The minimum absolute atomic E-state index is 0.257. The van der Waals surface area contributed by atoms with E-state index in [0.29, 0.717) is 11.3 Å². The Balaban J connectivity index is 1.62. The zero-order chi connectivity index (χ0) is 20.9. The van der Waals surface area contributed by atoms with Crippen LogP contribution in [0.3, 0.4) is 0 Å². The van der Waals surface area contributed by atoms with Crippen LogP contribution in [0.2, 0.25) is 0 Å². The fourth-order valence-corrected chi connectivity index (χ4v) is 3.65. The van der Waals surface area contributed by atoms with Crippen molar-refractivity contribution in [3.8, 4) is 5.75 Å². The molecule has 6 nitrogen and oxygen atoms in total. The van der Waals surface area contributed by atoms with E-state index >= 15 is 0 Å². The molecule has 7 heteroatoms. The van der Waals surface area contributed by atoms with Crippen LogP contribution in [-0.4, -0.2) is 45.1 Å². The van der Waals surface area contributed by atoms with E-state index in [0.717, 1.165) is 21.3 Å². The first-order chi connectivity index (χ1) is 13.9. The van der Waals surface area contributed by atoms with Crippen LogP contribution < -0.4 is 10.1 Å². The lowest BCUT2D eigenvalue weighted by atomic mass is 10.1. The van der Waals surface area contributed by atoms with Crippen molar-refractivity contribution in [2.75, 3.05) is 26.5 Å². The van der Waals surface area contributed by atoms with Gasteiger partial charge in [-0.2, -0.15) is 4.31 Å². The Kier molecular flexibility index (Phi) is 6.51. The first-order valence-corrected chi connectivity index (χ1v) is 11.1. The minimum Gasteiger partial charge on any atom is -0.492 e. The van der Waals surface area contributed by atoms with Crippen molar-refractivity contribution in [2.45, 2.75) is 6.04 Å². The molecule has 0 aromatic heterocycles. The van der Waals surface area contributed by atoms with Crippen molar-refractivity contribution >= 4 is 26.7 Å². The summed E-state index contributed by atoms with van der Waals surface area (Å²) in [5.74, 6) is 0.317. The number of carbonyl (C=O) groups is 1. The van der Waals surface area contributed by atoms with Gasteiger partial charge in [0.05, 0.1) is 12.8 Å². The number of hydrogen-bond donors (Lipinski definition) is 1. The summed E-state index contributed by atoms with van der Waals surface area (Å²) in [6, 6.07) is 21.7. The molecule has 1 atom stereocenters. The molecule has 29 heavy (non-hydrogen) atoms. The second-order valence-corrected chi connectivity index (χ2v) is 8.78. The molecule has 3 aromatic rings. The maximum atomic E-state index is 12.7. The van der Waals surface area contributed by atoms with Crippen molar-refractivity contribution in [3.63, 3.8) is 0 Å². The van der Waals surface area contributed by atoms with Crippen LogP contribution in [0, 0.1) is 0 Å². The lowest BCUT2D eigenvalue weighted by Gasteiger charge is -2.25. The number of fused-ring (bicyclic) bond motifs is 1. The highest BCUT2D eigenvalue weighted by atomic mass is 32.2. The highest BCUT2D eigenvalue weighted by molar-refractivity contribution is 7.88. The summed E-state index contributed by atoms with van der Waals surface area (Å²) in [5.41, 5.74) is 0.605. The van der Waals surface area contributed by atoms with Gasteiger partial charge in [0.15, 0.2) is 0 Å². The van der Waals surface area contributed by atoms with Crippen LogP contribution in [0.15, 0.2) is 72.8 Å². The van der Waals surface area contributed by atoms with E-state index in [2.05, 4.69) is 5.32 Å². The Hall–Kier alpha value is -2.90. The van der Waals surface area contributed by atoms with E-state index < -0.39 is 22.0 Å². The highest BCUT2D eigenvalue weighted by Crippen LogP contribution is 2.22. The molecule has 1 unspecified atom stereocenters. The summed E-state index contributed by atoms with van der Waals surface area (Å²) >= 11 is 0. The summed E-state index contributed by atoms with van der Waals surface area (Å²) in [6.45, 7) is 0.529. The standard InChI is InChI=1S/C22H24N2O4S/c1-24(29(2,26)27)21(18-9-4-3-5-10-18)22(25)23-14-15-28-20-13-12-17-8-6-7-11-19(17)16-20/h3-13,16,21H,14-15H2,1-2H3,(H,23,25). The number of nitrogens with one attached hydrogen (secondary N) is 1. The van der Waals surface area contributed by atoms with Gasteiger partial charge in [-0.25, -0.2) is 8.42 Å². The van der Waals surface area contributed by atoms with Gasteiger partial charge < -0.3 is 10.1 Å². The molecule has 152 valence electrons. The van der Waals surface area contributed by atoms with Crippen LogP contribution in [0.4, 0.5) is 0 Å². The van der Waals surface area contributed by atoms with Gasteiger partial charge in [0.25, 0.3) is 0 Å². The Bertz CT molecular complexity index is 1080. The molecule has 0 fully saturated rings. The second kappa shape index (κ2) is 9.07. The van der Waals surface area contributed by atoms with E-state index in [1.165, 1.54) is 7.05 Å². The van der Waals surface area contributed by atoms with Gasteiger partial charge >= 0.3 is 0 Å². The van der Waals surface area contributed by atoms with E-state index in [-0.39, 0.29) is 13.2 Å². The number of benzene rings is 3. The molecule has 0 saturated heterocycles. The Labute approximate surface area is 171 Å². The number of nitrogens with zero attached hydrogens (tertiary/aromatic N) is 1. The number of amides is 1. The summed E-state index contributed by atoms with van der Waals surface area (Å²) in [5, 5.41) is 4.98. The van der Waals surface area contributed by atoms with Crippen molar-refractivity contribution in [1.82, 2.24) is 9.62 Å². The number of ether oxygens (including phenoxy) is 1. The van der Waals surface area contributed by atoms with Gasteiger partial charge in [0, 0.05) is 7.05 Å². The second-order valence-electron chi connectivity index (χ2n) is 6.74. The van der Waals surface area contributed by atoms with Crippen LogP contribution in [0.1, 0.15) is 11.6 Å². The smallest absolute Gasteiger partial charge is 0.243 e. The van der Waals surface area contributed by atoms with E-state index in [1.54, 1.807) is 24.3 Å². The fourth-order valence-electron chi connectivity index (χ4n) is 3.05. The maximum Gasteiger partial charge on any atom is 0.243 e. The molecule has 0 heterocycles. The molecule has 1 N–H and O–H groups in total. The van der Waals surface area contributed by atoms with Gasteiger partial charge in [-0.1, -0.05) is 60.7 Å². The van der Waals surface area contributed by atoms with Gasteiger partial charge in [-0.05, 0) is 28.5 Å². The Morgan fingerprint density at radius 3 is 2.34 bits per heavy atom. The monoisotopic (exact) mass is 412 g/mol. The normalized spacial score (nSPS) is 12.7. The molecule has 0 radical (unpaired) electrons. The van der Waals surface area contributed by atoms with Crippen molar-refractivity contribution in [3.05, 3.63) is 78.4 Å². The third-order valence-electron chi connectivity index (χ3n) is 4.64. The molecule has 0 aliphatic heterocycles. The number of carbonyl (C=O) groups excluding carboxylic acids is 1. The fraction of sp³-hybridized carbons (Fsp3) is 0.227. The molecule has 0 aliphatic carbocycles. The third-order valence-corrected chi connectivity index (χ3v) is 5.90. The lowest BCUT2D eigenvalue weighted by Crippen LogP contribution is -2.42. The topological polar surface area (TPSA) is 75.7 Å². The van der Waals surface area contributed by atoms with Gasteiger partial charge in [-0.15, -0.1) is 0 Å². The molecule has 0 saturated carbocycles. The molecule has 3 aromatic carbocycles. The average Bonchev–Trinajstić information content (AvgIpc) is 2.71. The molecular weight excluding hydrogens is 388 g/mol. The zero-order valence-corrected chi connectivity index (χ0v) is 17.2. The van der Waals surface area contributed by atoms with E-state index in [4.69, 9.17) is 4.74 Å². The molecule has 0 bridgehead atoms. The number of sulfonamides is 1. The zero-order valence-electron chi connectivity index (χ0n) is 16.4.